The lowest BCUT2D eigenvalue weighted by molar-refractivity contribution is -0.890. The zero-order chi connectivity index (χ0) is 17.2. The van der Waals surface area contributed by atoms with Crippen molar-refractivity contribution < 1.29 is 21.5 Å². The van der Waals surface area contributed by atoms with Gasteiger partial charge in [-0.25, -0.2) is 0 Å². The Hall–Kier alpha value is 0.440. The quantitative estimate of drug-likeness (QED) is 0.235. The molecule has 0 fully saturated rings. The van der Waals surface area contributed by atoms with Gasteiger partial charge < -0.3 is 21.5 Å². The van der Waals surface area contributed by atoms with Crippen LogP contribution in [0, 0.1) is 0 Å². The smallest absolute Gasteiger partial charge is 0.0782 e. The number of halogens is 1. The van der Waals surface area contributed by atoms with Gasteiger partial charge in [0.15, 0.2) is 0 Å². The van der Waals surface area contributed by atoms with Gasteiger partial charge in [0.1, 0.15) is 0 Å². The summed E-state index contributed by atoms with van der Waals surface area (Å²) >= 11 is 0. The summed E-state index contributed by atoms with van der Waals surface area (Å²) in [6.45, 7) is 7.35. The van der Waals surface area contributed by atoms with Crippen LogP contribution in [-0.4, -0.2) is 31.7 Å². The lowest BCUT2D eigenvalue weighted by Gasteiger charge is -2.30. The van der Waals surface area contributed by atoms with E-state index in [-0.39, 0.29) is 17.0 Å². The summed E-state index contributed by atoms with van der Waals surface area (Å²) in [6.07, 6.45) is 23.1. The molecule has 0 spiro atoms. The summed E-state index contributed by atoms with van der Waals surface area (Å²) in [7, 11) is 4.84. The van der Waals surface area contributed by atoms with Crippen LogP contribution in [0.5, 0.6) is 0 Å². The molecule has 0 amide bonds. The maximum absolute atomic E-state index is 2.42. The highest BCUT2D eigenvalue weighted by atomic mass is 79.9. The van der Waals surface area contributed by atoms with E-state index in [2.05, 4.69) is 27.9 Å². The first-order valence-electron chi connectivity index (χ1n) is 10.9. The minimum absolute atomic E-state index is 0. The molecule has 0 unspecified atom stereocenters. The number of rotatable bonds is 18. The second-order valence-electron chi connectivity index (χ2n) is 8.33. The molecule has 148 valence electrons. The van der Waals surface area contributed by atoms with Crippen LogP contribution in [0.15, 0.2) is 0 Å². The van der Waals surface area contributed by atoms with Crippen molar-refractivity contribution in [2.45, 2.75) is 117 Å². The van der Waals surface area contributed by atoms with Gasteiger partial charge in [0.25, 0.3) is 0 Å². The summed E-state index contributed by atoms with van der Waals surface area (Å²) in [5.74, 6) is 0. The molecular formula is C22H48BrN. The fourth-order valence-corrected chi connectivity index (χ4v) is 3.46. The molecule has 0 rings (SSSR count). The van der Waals surface area contributed by atoms with Gasteiger partial charge in [-0.3, -0.25) is 0 Å². The van der Waals surface area contributed by atoms with Gasteiger partial charge in [-0.05, 0) is 25.7 Å². The van der Waals surface area contributed by atoms with Gasteiger partial charge in [-0.15, -0.1) is 0 Å². The van der Waals surface area contributed by atoms with Crippen LogP contribution in [0.3, 0.4) is 0 Å². The zero-order valence-corrected chi connectivity index (χ0v) is 19.1. The number of nitrogens with zero attached hydrogens (tertiary/aromatic N) is 1. The van der Waals surface area contributed by atoms with E-state index in [0.717, 1.165) is 0 Å². The van der Waals surface area contributed by atoms with Gasteiger partial charge in [0.05, 0.1) is 27.2 Å². The maximum atomic E-state index is 2.42. The topological polar surface area (TPSA) is 0 Å². The van der Waals surface area contributed by atoms with E-state index < -0.39 is 0 Å². The number of hydrogen-bond donors (Lipinski definition) is 0. The van der Waals surface area contributed by atoms with Gasteiger partial charge in [0, 0.05) is 0 Å². The average Bonchev–Trinajstić information content (AvgIpc) is 2.52. The molecule has 0 aromatic carbocycles. The van der Waals surface area contributed by atoms with Crippen LogP contribution >= 0.6 is 0 Å². The SMILES string of the molecule is CCCCCCCCCCCCCC[N+](C)(C)CCCCCC.[Br-]. The van der Waals surface area contributed by atoms with Crippen molar-refractivity contribution in [3.05, 3.63) is 0 Å². The van der Waals surface area contributed by atoms with Crippen LogP contribution in [0.1, 0.15) is 117 Å². The molecule has 2 heteroatoms. The van der Waals surface area contributed by atoms with Gasteiger partial charge in [0.2, 0.25) is 0 Å². The average molecular weight is 407 g/mol. The van der Waals surface area contributed by atoms with Crippen LogP contribution in [0.25, 0.3) is 0 Å². The molecule has 0 bridgehead atoms. The van der Waals surface area contributed by atoms with Crippen molar-refractivity contribution >= 4 is 0 Å². The molecule has 0 radical (unpaired) electrons. The van der Waals surface area contributed by atoms with Crippen molar-refractivity contribution in [3.63, 3.8) is 0 Å². The Kier molecular flexibility index (Phi) is 22.0. The van der Waals surface area contributed by atoms with Gasteiger partial charge in [-0.2, -0.15) is 0 Å². The zero-order valence-electron chi connectivity index (χ0n) is 17.6. The molecule has 0 aromatic rings. The molecule has 0 aliphatic carbocycles. The first-order valence-corrected chi connectivity index (χ1v) is 10.9. The third-order valence-electron chi connectivity index (χ3n) is 5.23. The molecule has 0 N–H and O–H groups in total. The van der Waals surface area contributed by atoms with E-state index >= 15 is 0 Å². The summed E-state index contributed by atoms with van der Waals surface area (Å²) in [5, 5.41) is 0. The molecule has 24 heavy (non-hydrogen) atoms. The van der Waals surface area contributed by atoms with Crippen molar-refractivity contribution in [3.8, 4) is 0 Å². The van der Waals surface area contributed by atoms with E-state index in [1.165, 1.54) is 120 Å². The van der Waals surface area contributed by atoms with E-state index in [9.17, 15) is 0 Å². The van der Waals surface area contributed by atoms with Crippen molar-refractivity contribution in [1.82, 2.24) is 0 Å². The van der Waals surface area contributed by atoms with Crippen molar-refractivity contribution in [2.75, 3.05) is 27.2 Å². The standard InChI is InChI=1S/C22H48N.BrH/c1-5-7-9-11-12-13-14-15-16-17-18-20-22-23(3,4)21-19-10-8-6-2;/h5-22H2,1-4H3;1H/q+1;/p-1. The molecule has 0 saturated heterocycles. The minimum Gasteiger partial charge on any atom is -1.00 e. The second-order valence-corrected chi connectivity index (χ2v) is 8.33. The summed E-state index contributed by atoms with van der Waals surface area (Å²) in [4.78, 5) is 0. The highest BCUT2D eigenvalue weighted by molar-refractivity contribution is 4.49. The molecule has 0 aromatic heterocycles. The minimum atomic E-state index is 0. The largest absolute Gasteiger partial charge is 1.00 e. The summed E-state index contributed by atoms with van der Waals surface area (Å²) in [5.41, 5.74) is 0. The molecule has 1 nitrogen and oxygen atoms in total. The molecule has 0 aliphatic rings. The van der Waals surface area contributed by atoms with Crippen LogP contribution in [0.4, 0.5) is 0 Å². The van der Waals surface area contributed by atoms with E-state index in [1.54, 1.807) is 0 Å². The Labute approximate surface area is 165 Å². The van der Waals surface area contributed by atoms with E-state index in [0.29, 0.717) is 0 Å². The molecule has 0 atom stereocenters. The molecule has 0 heterocycles. The lowest BCUT2D eigenvalue weighted by atomic mass is 10.1. The third-order valence-corrected chi connectivity index (χ3v) is 5.23. The van der Waals surface area contributed by atoms with Crippen molar-refractivity contribution in [2.24, 2.45) is 0 Å². The number of quaternary nitrogens is 1. The van der Waals surface area contributed by atoms with Crippen LogP contribution < -0.4 is 17.0 Å². The van der Waals surface area contributed by atoms with Crippen molar-refractivity contribution in [1.29, 1.82) is 0 Å². The highest BCUT2D eigenvalue weighted by Crippen LogP contribution is 2.13. The first-order chi connectivity index (χ1) is 11.1. The Balaban J connectivity index is 0. The predicted molar refractivity (Wildman–Crippen MR) is 107 cm³/mol. The van der Waals surface area contributed by atoms with Gasteiger partial charge >= 0.3 is 0 Å². The van der Waals surface area contributed by atoms with Gasteiger partial charge in [-0.1, -0.05) is 90.9 Å². The number of unbranched alkanes of at least 4 members (excludes halogenated alkanes) is 14. The maximum Gasteiger partial charge on any atom is 0.0782 e. The first kappa shape index (κ1) is 26.7. The Bertz CT molecular complexity index is 228. The Morgan fingerprint density at radius 3 is 1.00 bits per heavy atom. The van der Waals surface area contributed by atoms with E-state index in [4.69, 9.17) is 0 Å². The Morgan fingerprint density at radius 1 is 0.417 bits per heavy atom. The lowest BCUT2D eigenvalue weighted by Crippen LogP contribution is -3.00. The summed E-state index contributed by atoms with van der Waals surface area (Å²) < 4.78 is 1.24. The van der Waals surface area contributed by atoms with E-state index in [1.807, 2.05) is 0 Å². The fourth-order valence-electron chi connectivity index (χ4n) is 3.46. The highest BCUT2D eigenvalue weighted by Gasteiger charge is 2.13. The summed E-state index contributed by atoms with van der Waals surface area (Å²) in [6, 6.07) is 0. The Morgan fingerprint density at radius 2 is 0.667 bits per heavy atom. The number of hydrogen-bond acceptors (Lipinski definition) is 0. The molecular weight excluding hydrogens is 358 g/mol. The second kappa shape index (κ2) is 19.8. The monoisotopic (exact) mass is 405 g/mol. The predicted octanol–water partition coefficient (Wildman–Crippen LogP) is 4.35. The molecule has 0 saturated carbocycles. The van der Waals surface area contributed by atoms with Crippen LogP contribution in [0.2, 0.25) is 0 Å². The normalized spacial score (nSPS) is 11.5. The van der Waals surface area contributed by atoms with Crippen LogP contribution in [-0.2, 0) is 0 Å². The third kappa shape index (κ3) is 20.5. The fraction of sp³-hybridized carbons (Fsp3) is 1.00. The molecule has 0 aliphatic heterocycles.